The summed E-state index contributed by atoms with van der Waals surface area (Å²) in [6, 6.07) is 17.6. The number of anilines is 1. The number of aromatic nitrogens is 3. The quantitative estimate of drug-likeness (QED) is 0.369. The first-order valence-electron chi connectivity index (χ1n) is 10.6. The van der Waals surface area contributed by atoms with E-state index in [0.29, 0.717) is 12.4 Å². The summed E-state index contributed by atoms with van der Waals surface area (Å²) in [5, 5.41) is 0.850. The SMILES string of the molecule is Nc1ncnc2c1c(-c1ccc(Oc3ccccc3)cc1)c1n2C[C@@H](C=CNS(=O)O)CC1. The van der Waals surface area contributed by atoms with Crippen molar-refractivity contribution in [3.05, 3.63) is 78.9 Å². The summed E-state index contributed by atoms with van der Waals surface area (Å²) in [4.78, 5) is 8.78. The second kappa shape index (κ2) is 9.05. The minimum atomic E-state index is -2.07. The highest BCUT2D eigenvalue weighted by molar-refractivity contribution is 7.77. The Balaban J connectivity index is 1.50. The average molecular weight is 462 g/mol. The molecule has 0 bridgehead atoms. The zero-order chi connectivity index (χ0) is 22.8. The van der Waals surface area contributed by atoms with Crippen molar-refractivity contribution in [2.75, 3.05) is 5.73 Å². The standard InChI is InChI=1S/C24H23N5O3S/c25-23-22-21(17-7-9-19(10-8-17)32-18-4-2-1-3-5-18)20-11-6-16(12-13-28-33(30)31)14-29(20)24(22)27-15-26-23/h1-5,7-10,12-13,15-16,28H,6,11,14H2,(H,30,31)(H2,25,26,27)/t16-/m1/s1. The Morgan fingerprint density at radius 3 is 2.64 bits per heavy atom. The van der Waals surface area contributed by atoms with E-state index in [-0.39, 0.29) is 5.92 Å². The average Bonchev–Trinajstić information content (AvgIpc) is 3.15. The molecule has 9 heteroatoms. The van der Waals surface area contributed by atoms with Crippen LogP contribution in [-0.4, -0.2) is 23.3 Å². The van der Waals surface area contributed by atoms with E-state index >= 15 is 0 Å². The van der Waals surface area contributed by atoms with Crippen molar-refractivity contribution in [1.82, 2.24) is 19.3 Å². The molecule has 2 aromatic heterocycles. The summed E-state index contributed by atoms with van der Waals surface area (Å²) in [5.41, 5.74) is 10.4. The van der Waals surface area contributed by atoms with Crippen molar-refractivity contribution < 1.29 is 13.5 Å². The molecule has 0 saturated carbocycles. The molecule has 1 unspecified atom stereocenters. The van der Waals surface area contributed by atoms with Crippen LogP contribution in [0.3, 0.4) is 0 Å². The Labute approximate surface area is 193 Å². The molecule has 0 fully saturated rings. The van der Waals surface area contributed by atoms with Crippen LogP contribution in [-0.2, 0) is 24.2 Å². The van der Waals surface area contributed by atoms with E-state index in [9.17, 15) is 4.21 Å². The topological polar surface area (TPSA) is 115 Å². The van der Waals surface area contributed by atoms with Crippen LogP contribution in [0.5, 0.6) is 11.5 Å². The molecule has 8 nitrogen and oxygen atoms in total. The highest BCUT2D eigenvalue weighted by atomic mass is 32.2. The van der Waals surface area contributed by atoms with Crippen LogP contribution in [0.4, 0.5) is 5.82 Å². The number of rotatable bonds is 6. The minimum absolute atomic E-state index is 0.204. The Bertz CT molecular complexity index is 1340. The van der Waals surface area contributed by atoms with Gasteiger partial charge in [0.05, 0.1) is 5.39 Å². The lowest BCUT2D eigenvalue weighted by atomic mass is 9.94. The van der Waals surface area contributed by atoms with E-state index in [1.807, 2.05) is 60.7 Å². The van der Waals surface area contributed by atoms with Gasteiger partial charge in [0.2, 0.25) is 0 Å². The molecular formula is C24H23N5O3S. The molecule has 4 aromatic rings. The van der Waals surface area contributed by atoms with Crippen LogP contribution in [0.1, 0.15) is 12.1 Å². The van der Waals surface area contributed by atoms with Crippen LogP contribution < -0.4 is 15.2 Å². The van der Waals surface area contributed by atoms with Gasteiger partial charge in [0, 0.05) is 24.0 Å². The van der Waals surface area contributed by atoms with Crippen molar-refractivity contribution in [3.63, 3.8) is 0 Å². The fraction of sp³-hybridized carbons (Fsp3) is 0.167. The summed E-state index contributed by atoms with van der Waals surface area (Å²) < 4.78 is 30.3. The Kier molecular flexibility index (Phi) is 5.80. The lowest BCUT2D eigenvalue weighted by Gasteiger charge is -2.23. The summed E-state index contributed by atoms with van der Waals surface area (Å²) in [5.74, 6) is 2.19. The van der Waals surface area contributed by atoms with Crippen LogP contribution in [0, 0.1) is 5.92 Å². The number of nitrogens with zero attached hydrogens (tertiary/aromatic N) is 3. The van der Waals surface area contributed by atoms with Gasteiger partial charge in [0.1, 0.15) is 29.3 Å². The van der Waals surface area contributed by atoms with Crippen LogP contribution >= 0.6 is 0 Å². The molecule has 0 radical (unpaired) electrons. The van der Waals surface area contributed by atoms with Gasteiger partial charge in [-0.15, -0.1) is 0 Å². The molecule has 33 heavy (non-hydrogen) atoms. The van der Waals surface area contributed by atoms with Crippen LogP contribution in [0.2, 0.25) is 0 Å². The summed E-state index contributed by atoms with van der Waals surface area (Å²) >= 11 is -2.07. The van der Waals surface area contributed by atoms with E-state index in [1.54, 1.807) is 0 Å². The van der Waals surface area contributed by atoms with Gasteiger partial charge in [0.25, 0.3) is 11.3 Å². The Morgan fingerprint density at radius 1 is 1.12 bits per heavy atom. The predicted molar refractivity (Wildman–Crippen MR) is 129 cm³/mol. The third-order valence-electron chi connectivity index (χ3n) is 5.80. The van der Waals surface area contributed by atoms with Gasteiger partial charge in [-0.1, -0.05) is 36.4 Å². The van der Waals surface area contributed by atoms with Gasteiger partial charge in [-0.2, -0.15) is 0 Å². The van der Waals surface area contributed by atoms with Gasteiger partial charge < -0.3 is 15.0 Å². The zero-order valence-corrected chi connectivity index (χ0v) is 18.5. The molecule has 0 amide bonds. The fourth-order valence-corrected chi connectivity index (χ4v) is 4.56. The summed E-state index contributed by atoms with van der Waals surface area (Å²) in [6.07, 6.45) is 6.67. The molecule has 0 saturated heterocycles. The first-order chi connectivity index (χ1) is 16.1. The third-order valence-corrected chi connectivity index (χ3v) is 6.14. The maximum Gasteiger partial charge on any atom is 0.258 e. The first-order valence-corrected chi connectivity index (χ1v) is 11.7. The number of fused-ring (bicyclic) bond motifs is 3. The number of allylic oxidation sites excluding steroid dienone is 1. The lowest BCUT2D eigenvalue weighted by Crippen LogP contribution is -2.20. The number of nitrogen functional groups attached to an aromatic ring is 1. The first kappa shape index (κ1) is 21.2. The van der Waals surface area contributed by atoms with Crippen molar-refractivity contribution in [3.8, 4) is 22.6 Å². The highest BCUT2D eigenvalue weighted by Gasteiger charge is 2.26. The van der Waals surface area contributed by atoms with Crippen molar-refractivity contribution >= 4 is 28.1 Å². The van der Waals surface area contributed by atoms with Crippen LogP contribution in [0.15, 0.2) is 73.2 Å². The largest absolute Gasteiger partial charge is 0.457 e. The zero-order valence-electron chi connectivity index (χ0n) is 17.7. The summed E-state index contributed by atoms with van der Waals surface area (Å²) in [6.45, 7) is 0.702. The molecule has 0 spiro atoms. The number of benzene rings is 2. The molecule has 1 aliphatic rings. The summed E-state index contributed by atoms with van der Waals surface area (Å²) in [7, 11) is 0. The maximum absolute atomic E-state index is 10.8. The third kappa shape index (κ3) is 4.33. The van der Waals surface area contributed by atoms with Gasteiger partial charge >= 0.3 is 0 Å². The predicted octanol–water partition coefficient (Wildman–Crippen LogP) is 4.28. The van der Waals surface area contributed by atoms with Gasteiger partial charge in [-0.05, 0) is 48.6 Å². The number of nitrogens with one attached hydrogen (secondary N) is 1. The van der Waals surface area contributed by atoms with Crippen molar-refractivity contribution in [1.29, 1.82) is 0 Å². The van der Waals surface area contributed by atoms with E-state index in [0.717, 1.165) is 52.2 Å². The molecule has 1 aliphatic heterocycles. The number of hydrogen-bond donors (Lipinski definition) is 3. The van der Waals surface area contributed by atoms with E-state index in [4.69, 9.17) is 15.0 Å². The molecule has 4 N–H and O–H groups in total. The van der Waals surface area contributed by atoms with Gasteiger partial charge in [-0.3, -0.25) is 9.27 Å². The number of para-hydroxylation sites is 1. The fourth-order valence-electron chi connectivity index (χ4n) is 4.36. The molecule has 2 aromatic carbocycles. The van der Waals surface area contributed by atoms with E-state index in [2.05, 4.69) is 19.3 Å². The van der Waals surface area contributed by atoms with Gasteiger partial charge in [-0.25, -0.2) is 14.2 Å². The molecule has 5 rings (SSSR count). The highest BCUT2D eigenvalue weighted by Crippen LogP contribution is 2.40. The molecule has 3 heterocycles. The maximum atomic E-state index is 10.8. The van der Waals surface area contributed by atoms with Crippen LogP contribution in [0.25, 0.3) is 22.2 Å². The number of hydrogen-bond acceptors (Lipinski definition) is 5. The molecular weight excluding hydrogens is 438 g/mol. The molecule has 2 atom stereocenters. The smallest absolute Gasteiger partial charge is 0.258 e. The normalized spacial score (nSPS) is 16.6. The Morgan fingerprint density at radius 2 is 1.88 bits per heavy atom. The number of nitrogens with two attached hydrogens (primary N) is 1. The van der Waals surface area contributed by atoms with Gasteiger partial charge in [0.15, 0.2) is 0 Å². The van der Waals surface area contributed by atoms with Crippen molar-refractivity contribution in [2.45, 2.75) is 19.4 Å². The Hall–Kier alpha value is -3.69. The molecule has 168 valence electrons. The second-order valence-electron chi connectivity index (χ2n) is 7.85. The lowest BCUT2D eigenvalue weighted by molar-refractivity contribution is 0.444. The monoisotopic (exact) mass is 461 g/mol. The van der Waals surface area contributed by atoms with E-state index in [1.165, 1.54) is 12.5 Å². The minimum Gasteiger partial charge on any atom is -0.457 e. The van der Waals surface area contributed by atoms with E-state index < -0.39 is 11.3 Å². The van der Waals surface area contributed by atoms with Crippen molar-refractivity contribution in [2.24, 2.45) is 5.92 Å². The number of ether oxygens (including phenoxy) is 1. The second-order valence-corrected chi connectivity index (χ2v) is 8.59. The molecule has 0 aliphatic carbocycles.